The number of benzene rings is 2. The van der Waals surface area contributed by atoms with Gasteiger partial charge in [0.1, 0.15) is 11.0 Å². The molecule has 0 aromatic heterocycles. The maximum Gasteiger partial charge on any atom is 0.319 e. The second-order valence-corrected chi connectivity index (χ2v) is 6.59. The van der Waals surface area contributed by atoms with Gasteiger partial charge in [0.15, 0.2) is 0 Å². The van der Waals surface area contributed by atoms with Crippen molar-refractivity contribution in [1.29, 1.82) is 0 Å². The lowest BCUT2D eigenvalue weighted by Gasteiger charge is -2.14. The van der Waals surface area contributed by atoms with Crippen LogP contribution in [0.2, 0.25) is 0 Å². The molecular weight excluding hydrogens is 308 g/mol. The van der Waals surface area contributed by atoms with Crippen LogP contribution >= 0.6 is 11.8 Å². The largest absolute Gasteiger partial charge is 0.507 e. The van der Waals surface area contributed by atoms with Crippen molar-refractivity contribution in [2.75, 3.05) is 6.61 Å². The normalized spacial score (nSPS) is 12.0. The third kappa shape index (κ3) is 4.52. The van der Waals surface area contributed by atoms with Gasteiger partial charge in [0.25, 0.3) is 0 Å². The molecule has 1 atom stereocenters. The van der Waals surface area contributed by atoms with Crippen molar-refractivity contribution in [2.45, 2.75) is 37.3 Å². The van der Waals surface area contributed by atoms with Gasteiger partial charge >= 0.3 is 5.97 Å². The molecular formula is C19H22O3S. The number of aryl methyl sites for hydroxylation is 1. The summed E-state index contributed by atoms with van der Waals surface area (Å²) in [6, 6.07) is 13.5. The smallest absolute Gasteiger partial charge is 0.319 e. The number of rotatable bonds is 6. The Morgan fingerprint density at radius 3 is 2.61 bits per heavy atom. The average molecular weight is 330 g/mol. The van der Waals surface area contributed by atoms with Crippen LogP contribution < -0.4 is 0 Å². The summed E-state index contributed by atoms with van der Waals surface area (Å²) in [4.78, 5) is 12.7. The van der Waals surface area contributed by atoms with E-state index in [4.69, 9.17) is 4.74 Å². The van der Waals surface area contributed by atoms with E-state index in [0.717, 1.165) is 21.6 Å². The summed E-state index contributed by atoms with van der Waals surface area (Å²) >= 11 is 1.42. The molecule has 3 nitrogen and oxygen atoms in total. The summed E-state index contributed by atoms with van der Waals surface area (Å²) in [5, 5.41) is 10.1. The van der Waals surface area contributed by atoms with E-state index in [1.165, 1.54) is 11.8 Å². The van der Waals surface area contributed by atoms with E-state index in [1.54, 1.807) is 13.0 Å². The summed E-state index contributed by atoms with van der Waals surface area (Å²) in [5.41, 5.74) is 2.92. The first-order valence-corrected chi connectivity index (χ1v) is 8.66. The highest BCUT2D eigenvalue weighted by molar-refractivity contribution is 8.00. The first-order valence-electron chi connectivity index (χ1n) is 7.78. The van der Waals surface area contributed by atoms with Gasteiger partial charge in [0, 0.05) is 10.5 Å². The number of phenols is 1. The molecule has 4 heteroatoms. The quantitative estimate of drug-likeness (QED) is 0.610. The Kier molecular flexibility index (Phi) is 6.11. The van der Waals surface area contributed by atoms with Gasteiger partial charge in [-0.15, -0.1) is 11.8 Å². The molecule has 0 saturated heterocycles. The molecule has 0 aliphatic carbocycles. The molecule has 122 valence electrons. The van der Waals surface area contributed by atoms with Gasteiger partial charge < -0.3 is 9.84 Å². The van der Waals surface area contributed by atoms with Crippen LogP contribution in [0.25, 0.3) is 11.1 Å². The fraction of sp³-hybridized carbons (Fsp3) is 0.316. The highest BCUT2D eigenvalue weighted by atomic mass is 32.2. The predicted molar refractivity (Wildman–Crippen MR) is 94.8 cm³/mol. The molecule has 2 aromatic carbocycles. The predicted octanol–water partition coefficient (Wildman–Crippen LogP) is 4.80. The third-order valence-corrected chi connectivity index (χ3v) is 4.83. The molecule has 0 heterocycles. The first kappa shape index (κ1) is 17.4. The van der Waals surface area contributed by atoms with Crippen molar-refractivity contribution in [3.05, 3.63) is 48.0 Å². The average Bonchev–Trinajstić information content (AvgIpc) is 2.52. The highest BCUT2D eigenvalue weighted by Gasteiger charge is 2.19. The molecule has 1 N–H and O–H groups in total. The number of carbonyl (C=O) groups excluding carboxylic acids is 1. The molecule has 0 radical (unpaired) electrons. The van der Waals surface area contributed by atoms with E-state index in [-0.39, 0.29) is 17.0 Å². The first-order chi connectivity index (χ1) is 11.0. The third-order valence-electron chi connectivity index (χ3n) is 3.50. The summed E-state index contributed by atoms with van der Waals surface area (Å²) in [6.07, 6.45) is 0.684. The Balaban J connectivity index is 2.20. The molecule has 2 aromatic rings. The van der Waals surface area contributed by atoms with E-state index in [2.05, 4.69) is 0 Å². The van der Waals surface area contributed by atoms with Crippen LogP contribution in [0.5, 0.6) is 5.75 Å². The number of thioether (sulfide) groups is 1. The van der Waals surface area contributed by atoms with E-state index in [1.807, 2.05) is 50.2 Å². The fourth-order valence-electron chi connectivity index (χ4n) is 2.34. The number of carbonyl (C=O) groups is 1. The Morgan fingerprint density at radius 1 is 1.22 bits per heavy atom. The van der Waals surface area contributed by atoms with Crippen LogP contribution in [0.3, 0.4) is 0 Å². The van der Waals surface area contributed by atoms with E-state index in [0.29, 0.717) is 13.0 Å². The van der Waals surface area contributed by atoms with Crippen molar-refractivity contribution in [3.8, 4) is 16.9 Å². The number of phenolic OH excluding ortho intramolecular Hbond substituents is 1. The molecule has 0 fully saturated rings. The minimum atomic E-state index is -0.251. The molecule has 0 spiro atoms. The molecule has 0 aliphatic rings. The zero-order valence-electron chi connectivity index (χ0n) is 13.7. The lowest BCUT2D eigenvalue weighted by molar-refractivity contribution is -0.142. The second kappa shape index (κ2) is 8.06. The zero-order valence-corrected chi connectivity index (χ0v) is 14.5. The zero-order chi connectivity index (χ0) is 16.8. The van der Waals surface area contributed by atoms with Crippen molar-refractivity contribution in [3.63, 3.8) is 0 Å². The van der Waals surface area contributed by atoms with Gasteiger partial charge in [-0.05, 0) is 44.0 Å². The molecule has 2 rings (SSSR count). The minimum absolute atomic E-state index is 0.206. The Hall–Kier alpha value is -1.94. The molecule has 0 saturated carbocycles. The number of hydrogen-bond acceptors (Lipinski definition) is 4. The molecule has 1 unspecified atom stereocenters. The molecule has 0 aliphatic heterocycles. The van der Waals surface area contributed by atoms with Crippen molar-refractivity contribution < 1.29 is 14.6 Å². The van der Waals surface area contributed by atoms with E-state index in [9.17, 15) is 9.90 Å². The maximum absolute atomic E-state index is 11.9. The highest BCUT2D eigenvalue weighted by Crippen LogP contribution is 2.35. The van der Waals surface area contributed by atoms with Crippen molar-refractivity contribution >= 4 is 17.7 Å². The monoisotopic (exact) mass is 330 g/mol. The van der Waals surface area contributed by atoms with Crippen LogP contribution in [0.4, 0.5) is 0 Å². The summed E-state index contributed by atoms with van der Waals surface area (Å²) in [5.74, 6) is 0.0153. The molecule has 0 amide bonds. The van der Waals surface area contributed by atoms with Crippen molar-refractivity contribution in [2.24, 2.45) is 0 Å². The van der Waals surface area contributed by atoms with Crippen LogP contribution in [-0.2, 0) is 9.53 Å². The lowest BCUT2D eigenvalue weighted by atomic mass is 10.0. The van der Waals surface area contributed by atoms with Crippen LogP contribution in [0.15, 0.2) is 47.4 Å². The Morgan fingerprint density at radius 2 is 2.00 bits per heavy atom. The lowest BCUT2D eigenvalue weighted by Crippen LogP contribution is -2.19. The number of aromatic hydroxyl groups is 1. The minimum Gasteiger partial charge on any atom is -0.507 e. The fourth-order valence-corrected chi connectivity index (χ4v) is 3.32. The van der Waals surface area contributed by atoms with Gasteiger partial charge in [0.2, 0.25) is 0 Å². The standard InChI is InChI=1S/C19H22O3S/c1-4-18(19(21)22-5-2)23-15-9-10-16(17(20)12-15)14-8-6-7-13(3)11-14/h6-12,18,20H,4-5H2,1-3H3. The van der Waals surface area contributed by atoms with E-state index >= 15 is 0 Å². The molecule has 0 bridgehead atoms. The van der Waals surface area contributed by atoms with Crippen molar-refractivity contribution in [1.82, 2.24) is 0 Å². The summed E-state index contributed by atoms with van der Waals surface area (Å²) < 4.78 is 5.08. The van der Waals surface area contributed by atoms with Crippen LogP contribution in [-0.4, -0.2) is 22.9 Å². The SMILES string of the molecule is CCOC(=O)C(CC)Sc1ccc(-c2cccc(C)c2)c(O)c1. The number of esters is 1. The van der Waals surface area contributed by atoms with Gasteiger partial charge in [-0.25, -0.2) is 0 Å². The van der Waals surface area contributed by atoms with Crippen LogP contribution in [0, 0.1) is 6.92 Å². The Bertz CT molecular complexity index is 682. The summed E-state index contributed by atoms with van der Waals surface area (Å²) in [6.45, 7) is 6.16. The van der Waals surface area contributed by atoms with Gasteiger partial charge in [-0.1, -0.05) is 36.8 Å². The second-order valence-electron chi connectivity index (χ2n) is 5.32. The van der Waals surface area contributed by atoms with E-state index < -0.39 is 0 Å². The van der Waals surface area contributed by atoms with Gasteiger partial charge in [-0.3, -0.25) is 4.79 Å². The van der Waals surface area contributed by atoms with Gasteiger partial charge in [0.05, 0.1) is 6.61 Å². The molecule has 23 heavy (non-hydrogen) atoms. The maximum atomic E-state index is 11.9. The van der Waals surface area contributed by atoms with Gasteiger partial charge in [-0.2, -0.15) is 0 Å². The number of hydrogen-bond donors (Lipinski definition) is 1. The van der Waals surface area contributed by atoms with Crippen LogP contribution in [0.1, 0.15) is 25.8 Å². The Labute approximate surface area is 141 Å². The number of ether oxygens (including phenoxy) is 1. The summed E-state index contributed by atoms with van der Waals surface area (Å²) in [7, 11) is 0. The topological polar surface area (TPSA) is 46.5 Å².